The molecular weight excluding hydrogens is 211 g/mol. The summed E-state index contributed by atoms with van der Waals surface area (Å²) in [5.41, 5.74) is 5.34. The third-order valence-electron chi connectivity index (χ3n) is 1.94. The van der Waals surface area contributed by atoms with Gasteiger partial charge in [0.1, 0.15) is 0 Å². The van der Waals surface area contributed by atoms with Gasteiger partial charge in [-0.15, -0.1) is 0 Å². The summed E-state index contributed by atoms with van der Waals surface area (Å²) in [5, 5.41) is 2.80. The molecule has 16 heavy (non-hydrogen) atoms. The van der Waals surface area contributed by atoms with Gasteiger partial charge in [0.05, 0.1) is 12.8 Å². The van der Waals surface area contributed by atoms with Crippen molar-refractivity contribution < 1.29 is 9.13 Å². The molecule has 1 aromatic heterocycles. The van der Waals surface area contributed by atoms with Crippen LogP contribution in [0.2, 0.25) is 0 Å². The predicted octanol–water partition coefficient (Wildman–Crippen LogP) is 1.43. The van der Waals surface area contributed by atoms with Crippen LogP contribution in [0.5, 0.6) is 0 Å². The standard InChI is InChI=1S/C10H17FN4O/c1-2-3-5-16-6-4-13-9-8(11)7-14-10(12)15-9/h7H,2-6H2,1H3,(H3,12,13,14,15). The Kier molecular flexibility index (Phi) is 5.49. The van der Waals surface area contributed by atoms with Crippen molar-refractivity contribution in [3.63, 3.8) is 0 Å². The largest absolute Gasteiger partial charge is 0.380 e. The van der Waals surface area contributed by atoms with E-state index in [2.05, 4.69) is 22.2 Å². The fourth-order valence-corrected chi connectivity index (χ4v) is 1.09. The van der Waals surface area contributed by atoms with Crippen LogP contribution in [-0.4, -0.2) is 29.7 Å². The second-order valence-corrected chi connectivity index (χ2v) is 3.32. The molecule has 0 radical (unpaired) electrons. The lowest BCUT2D eigenvalue weighted by molar-refractivity contribution is 0.141. The summed E-state index contributed by atoms with van der Waals surface area (Å²) in [7, 11) is 0. The van der Waals surface area contributed by atoms with Crippen LogP contribution >= 0.6 is 0 Å². The minimum atomic E-state index is -0.511. The molecule has 6 heteroatoms. The summed E-state index contributed by atoms with van der Waals surface area (Å²) in [6.45, 7) is 3.84. The van der Waals surface area contributed by atoms with Crippen molar-refractivity contribution in [2.45, 2.75) is 19.8 Å². The zero-order valence-electron chi connectivity index (χ0n) is 9.37. The van der Waals surface area contributed by atoms with Crippen LogP contribution in [0.1, 0.15) is 19.8 Å². The highest BCUT2D eigenvalue weighted by molar-refractivity contribution is 5.38. The monoisotopic (exact) mass is 228 g/mol. The van der Waals surface area contributed by atoms with Crippen molar-refractivity contribution in [1.82, 2.24) is 9.97 Å². The van der Waals surface area contributed by atoms with Crippen LogP contribution in [0.4, 0.5) is 16.2 Å². The average molecular weight is 228 g/mol. The maximum Gasteiger partial charge on any atom is 0.222 e. The van der Waals surface area contributed by atoms with Gasteiger partial charge in [-0.1, -0.05) is 13.3 Å². The van der Waals surface area contributed by atoms with Crippen LogP contribution in [-0.2, 0) is 4.74 Å². The normalized spacial score (nSPS) is 10.4. The molecule has 0 fully saturated rings. The molecule has 5 nitrogen and oxygen atoms in total. The van der Waals surface area contributed by atoms with E-state index in [-0.39, 0.29) is 11.8 Å². The highest BCUT2D eigenvalue weighted by atomic mass is 19.1. The van der Waals surface area contributed by atoms with E-state index in [1.807, 2.05) is 0 Å². The zero-order valence-corrected chi connectivity index (χ0v) is 9.37. The number of anilines is 2. The molecule has 0 aliphatic carbocycles. The first kappa shape index (κ1) is 12.6. The second-order valence-electron chi connectivity index (χ2n) is 3.32. The molecule has 0 aliphatic rings. The molecule has 1 rings (SSSR count). The zero-order chi connectivity index (χ0) is 11.8. The summed E-state index contributed by atoms with van der Waals surface area (Å²) >= 11 is 0. The van der Waals surface area contributed by atoms with E-state index in [0.717, 1.165) is 25.6 Å². The molecule has 3 N–H and O–H groups in total. The average Bonchev–Trinajstić information content (AvgIpc) is 2.28. The number of halogens is 1. The van der Waals surface area contributed by atoms with Crippen LogP contribution in [0.15, 0.2) is 6.20 Å². The Balaban J connectivity index is 2.23. The number of aromatic nitrogens is 2. The second kappa shape index (κ2) is 6.95. The Bertz CT molecular complexity index is 322. The van der Waals surface area contributed by atoms with Gasteiger partial charge in [-0.3, -0.25) is 0 Å². The lowest BCUT2D eigenvalue weighted by Gasteiger charge is -2.07. The number of unbranched alkanes of at least 4 members (excludes halogenated alkanes) is 1. The van der Waals surface area contributed by atoms with Crippen molar-refractivity contribution >= 4 is 11.8 Å². The molecule has 0 amide bonds. The van der Waals surface area contributed by atoms with E-state index in [0.29, 0.717) is 13.2 Å². The number of nitrogens with two attached hydrogens (primary N) is 1. The minimum absolute atomic E-state index is 0.0517. The van der Waals surface area contributed by atoms with Gasteiger partial charge in [0, 0.05) is 13.2 Å². The summed E-state index contributed by atoms with van der Waals surface area (Å²) < 4.78 is 18.4. The fraction of sp³-hybridized carbons (Fsp3) is 0.600. The molecule has 1 heterocycles. The van der Waals surface area contributed by atoms with Gasteiger partial charge >= 0.3 is 0 Å². The number of ether oxygens (including phenoxy) is 1. The van der Waals surface area contributed by atoms with E-state index in [4.69, 9.17) is 10.5 Å². The van der Waals surface area contributed by atoms with Crippen LogP contribution in [0.25, 0.3) is 0 Å². The lowest BCUT2D eigenvalue weighted by atomic mass is 10.4. The third-order valence-corrected chi connectivity index (χ3v) is 1.94. The van der Waals surface area contributed by atoms with Gasteiger partial charge < -0.3 is 15.8 Å². The number of nitrogens with zero attached hydrogens (tertiary/aromatic N) is 2. The van der Waals surface area contributed by atoms with Gasteiger partial charge in [0.15, 0.2) is 11.6 Å². The van der Waals surface area contributed by atoms with Gasteiger partial charge in [-0.05, 0) is 6.42 Å². The summed E-state index contributed by atoms with van der Waals surface area (Å²) in [6.07, 6.45) is 3.18. The van der Waals surface area contributed by atoms with Crippen molar-refractivity contribution in [3.8, 4) is 0 Å². The summed E-state index contributed by atoms with van der Waals surface area (Å²) in [6, 6.07) is 0. The maximum atomic E-state index is 13.1. The fourth-order valence-electron chi connectivity index (χ4n) is 1.09. The van der Waals surface area contributed by atoms with Crippen molar-refractivity contribution in [3.05, 3.63) is 12.0 Å². The maximum absolute atomic E-state index is 13.1. The number of hydrogen-bond donors (Lipinski definition) is 2. The molecule has 0 atom stereocenters. The molecule has 0 bridgehead atoms. The Morgan fingerprint density at radius 1 is 1.50 bits per heavy atom. The first-order chi connectivity index (χ1) is 7.74. The van der Waals surface area contributed by atoms with Crippen LogP contribution < -0.4 is 11.1 Å². The Morgan fingerprint density at radius 2 is 2.31 bits per heavy atom. The molecule has 0 aliphatic heterocycles. The first-order valence-electron chi connectivity index (χ1n) is 5.33. The van der Waals surface area contributed by atoms with Gasteiger partial charge in [0.25, 0.3) is 0 Å². The van der Waals surface area contributed by atoms with E-state index < -0.39 is 5.82 Å². The Morgan fingerprint density at radius 3 is 3.06 bits per heavy atom. The van der Waals surface area contributed by atoms with Gasteiger partial charge in [-0.2, -0.15) is 4.98 Å². The number of rotatable bonds is 7. The molecule has 0 unspecified atom stereocenters. The van der Waals surface area contributed by atoms with E-state index >= 15 is 0 Å². The minimum Gasteiger partial charge on any atom is -0.380 e. The summed E-state index contributed by atoms with van der Waals surface area (Å²) in [5.74, 6) is -0.342. The smallest absolute Gasteiger partial charge is 0.222 e. The van der Waals surface area contributed by atoms with Gasteiger partial charge in [0.2, 0.25) is 5.95 Å². The van der Waals surface area contributed by atoms with Crippen molar-refractivity contribution in [1.29, 1.82) is 0 Å². The molecule has 0 saturated carbocycles. The van der Waals surface area contributed by atoms with E-state index in [1.165, 1.54) is 0 Å². The van der Waals surface area contributed by atoms with Crippen LogP contribution in [0, 0.1) is 5.82 Å². The third kappa shape index (κ3) is 4.39. The number of nitrogen functional groups attached to an aromatic ring is 1. The topological polar surface area (TPSA) is 73.1 Å². The Labute approximate surface area is 94.2 Å². The summed E-state index contributed by atoms with van der Waals surface area (Å²) in [4.78, 5) is 7.26. The number of hydrogen-bond acceptors (Lipinski definition) is 5. The van der Waals surface area contributed by atoms with Crippen LogP contribution in [0.3, 0.4) is 0 Å². The van der Waals surface area contributed by atoms with E-state index in [9.17, 15) is 4.39 Å². The van der Waals surface area contributed by atoms with Gasteiger partial charge in [-0.25, -0.2) is 9.37 Å². The molecular formula is C10H17FN4O. The van der Waals surface area contributed by atoms with Crippen molar-refractivity contribution in [2.75, 3.05) is 30.8 Å². The molecule has 90 valence electrons. The first-order valence-corrected chi connectivity index (χ1v) is 5.33. The molecule has 0 aromatic carbocycles. The van der Waals surface area contributed by atoms with E-state index in [1.54, 1.807) is 0 Å². The lowest BCUT2D eigenvalue weighted by Crippen LogP contribution is -2.13. The Hall–Kier alpha value is -1.43. The highest BCUT2D eigenvalue weighted by Gasteiger charge is 2.03. The molecule has 0 spiro atoms. The predicted molar refractivity (Wildman–Crippen MR) is 60.6 cm³/mol. The molecule has 1 aromatic rings. The number of nitrogens with one attached hydrogen (secondary N) is 1. The quantitative estimate of drug-likeness (QED) is 0.690. The SMILES string of the molecule is CCCCOCCNc1nc(N)ncc1F. The molecule has 0 saturated heterocycles. The highest BCUT2D eigenvalue weighted by Crippen LogP contribution is 2.09. The van der Waals surface area contributed by atoms with Crippen molar-refractivity contribution in [2.24, 2.45) is 0 Å².